The predicted octanol–water partition coefficient (Wildman–Crippen LogP) is 2.24. The van der Waals surface area contributed by atoms with Gasteiger partial charge in [-0.25, -0.2) is 0 Å². The van der Waals surface area contributed by atoms with Crippen molar-refractivity contribution in [2.45, 2.75) is 0 Å². The highest BCUT2D eigenvalue weighted by molar-refractivity contribution is 5.82. The largest absolute Gasteiger partial charge is 0.497 e. The molecule has 0 radical (unpaired) electrons. The summed E-state index contributed by atoms with van der Waals surface area (Å²) >= 11 is 0. The van der Waals surface area contributed by atoms with Crippen molar-refractivity contribution < 1.29 is 4.74 Å². The van der Waals surface area contributed by atoms with Crippen molar-refractivity contribution in [2.75, 3.05) is 7.11 Å². The van der Waals surface area contributed by atoms with Crippen LogP contribution in [0, 0.1) is 0 Å². The summed E-state index contributed by atoms with van der Waals surface area (Å²) in [5, 5.41) is 2.29. The molecule has 60 valence electrons. The zero-order valence-electron chi connectivity index (χ0n) is 6.82. The number of methoxy groups -OCH3 is 1. The Balaban J connectivity index is 2.67. The zero-order valence-corrected chi connectivity index (χ0v) is 6.82. The van der Waals surface area contributed by atoms with E-state index in [1.807, 2.05) is 30.5 Å². The van der Waals surface area contributed by atoms with E-state index in [4.69, 9.17) is 4.74 Å². The fourth-order valence-corrected chi connectivity index (χ4v) is 1.19. The van der Waals surface area contributed by atoms with Crippen molar-refractivity contribution in [1.29, 1.82) is 0 Å². The summed E-state index contributed by atoms with van der Waals surface area (Å²) in [7, 11) is 1.66. The molecule has 0 saturated heterocycles. The topological polar surface area (TPSA) is 22.1 Å². The summed E-state index contributed by atoms with van der Waals surface area (Å²) in [6.07, 6.45) is 3.62. The van der Waals surface area contributed by atoms with E-state index >= 15 is 0 Å². The molecule has 1 aromatic heterocycles. The minimum absolute atomic E-state index is 0.871. The van der Waals surface area contributed by atoms with Gasteiger partial charge in [0.05, 0.1) is 7.11 Å². The first-order chi connectivity index (χ1) is 5.90. The molecule has 0 bridgehead atoms. The average molecular weight is 159 g/mol. The SMILES string of the molecule is COc1ccc2ccncc2c1. The van der Waals surface area contributed by atoms with Crippen LogP contribution < -0.4 is 4.74 Å². The van der Waals surface area contributed by atoms with Gasteiger partial charge in [0.25, 0.3) is 0 Å². The van der Waals surface area contributed by atoms with Gasteiger partial charge in [-0.3, -0.25) is 4.98 Å². The lowest BCUT2D eigenvalue weighted by Gasteiger charge is -2.00. The van der Waals surface area contributed by atoms with Crippen LogP contribution in [0.15, 0.2) is 36.7 Å². The Kier molecular flexibility index (Phi) is 1.67. The summed E-state index contributed by atoms with van der Waals surface area (Å²) in [5.41, 5.74) is 0. The monoisotopic (exact) mass is 159 g/mol. The van der Waals surface area contributed by atoms with Crippen LogP contribution in [0.2, 0.25) is 0 Å². The third-order valence-electron chi connectivity index (χ3n) is 1.85. The number of nitrogens with zero attached hydrogens (tertiary/aromatic N) is 1. The van der Waals surface area contributed by atoms with Gasteiger partial charge in [0.2, 0.25) is 0 Å². The number of hydrogen-bond donors (Lipinski definition) is 0. The minimum atomic E-state index is 0.871. The van der Waals surface area contributed by atoms with Crippen LogP contribution >= 0.6 is 0 Å². The maximum Gasteiger partial charge on any atom is 0.119 e. The Morgan fingerprint density at radius 3 is 2.92 bits per heavy atom. The van der Waals surface area contributed by atoms with E-state index in [1.54, 1.807) is 13.3 Å². The van der Waals surface area contributed by atoms with Gasteiger partial charge in [-0.1, -0.05) is 6.07 Å². The van der Waals surface area contributed by atoms with E-state index in [9.17, 15) is 0 Å². The fraction of sp³-hybridized carbons (Fsp3) is 0.100. The lowest BCUT2D eigenvalue weighted by molar-refractivity contribution is 0.415. The molecule has 0 aliphatic carbocycles. The Morgan fingerprint density at radius 2 is 2.08 bits per heavy atom. The Morgan fingerprint density at radius 1 is 1.17 bits per heavy atom. The molecule has 2 heteroatoms. The van der Waals surface area contributed by atoms with Crippen LogP contribution in [0.4, 0.5) is 0 Å². The number of ether oxygens (including phenoxy) is 1. The number of fused-ring (bicyclic) bond motifs is 1. The van der Waals surface area contributed by atoms with Crippen LogP contribution in [0.3, 0.4) is 0 Å². The predicted molar refractivity (Wildman–Crippen MR) is 48.3 cm³/mol. The molecule has 12 heavy (non-hydrogen) atoms. The number of hydrogen-bond acceptors (Lipinski definition) is 2. The molecule has 2 aromatic rings. The zero-order chi connectivity index (χ0) is 8.39. The Bertz CT molecular complexity index is 398. The molecule has 0 saturated carbocycles. The number of benzene rings is 1. The van der Waals surface area contributed by atoms with E-state index in [0.717, 1.165) is 11.1 Å². The van der Waals surface area contributed by atoms with E-state index in [0.29, 0.717) is 0 Å². The summed E-state index contributed by atoms with van der Waals surface area (Å²) in [6, 6.07) is 7.93. The molecule has 2 nitrogen and oxygen atoms in total. The number of pyridine rings is 1. The van der Waals surface area contributed by atoms with E-state index in [-0.39, 0.29) is 0 Å². The molecule has 0 amide bonds. The van der Waals surface area contributed by atoms with E-state index in [2.05, 4.69) is 4.98 Å². The second-order valence-electron chi connectivity index (χ2n) is 2.59. The van der Waals surface area contributed by atoms with Crippen molar-refractivity contribution in [2.24, 2.45) is 0 Å². The van der Waals surface area contributed by atoms with Gasteiger partial charge in [-0.05, 0) is 23.6 Å². The maximum atomic E-state index is 5.09. The number of rotatable bonds is 1. The summed E-state index contributed by atoms with van der Waals surface area (Å²) in [4.78, 5) is 4.03. The average Bonchev–Trinajstić information content (AvgIpc) is 2.17. The summed E-state index contributed by atoms with van der Waals surface area (Å²) in [6.45, 7) is 0. The molecule has 1 heterocycles. The standard InChI is InChI=1S/C10H9NO/c1-12-10-3-2-8-4-5-11-7-9(8)6-10/h2-7H,1H3. The van der Waals surface area contributed by atoms with Gasteiger partial charge < -0.3 is 4.74 Å². The highest BCUT2D eigenvalue weighted by atomic mass is 16.5. The minimum Gasteiger partial charge on any atom is -0.497 e. The first-order valence-electron chi connectivity index (χ1n) is 3.78. The Labute approximate surface area is 70.8 Å². The molecule has 0 atom stereocenters. The molecular weight excluding hydrogens is 150 g/mol. The first kappa shape index (κ1) is 7.10. The van der Waals surface area contributed by atoms with Crippen molar-refractivity contribution >= 4 is 10.8 Å². The smallest absolute Gasteiger partial charge is 0.119 e. The molecular formula is C10H9NO. The van der Waals surface area contributed by atoms with Crippen LogP contribution in [0.5, 0.6) is 5.75 Å². The lowest BCUT2D eigenvalue weighted by Crippen LogP contribution is -1.82. The van der Waals surface area contributed by atoms with E-state index in [1.165, 1.54) is 5.39 Å². The van der Waals surface area contributed by atoms with Gasteiger partial charge in [0, 0.05) is 17.8 Å². The lowest BCUT2D eigenvalue weighted by atomic mass is 10.2. The third-order valence-corrected chi connectivity index (χ3v) is 1.85. The van der Waals surface area contributed by atoms with Crippen LogP contribution in [0.1, 0.15) is 0 Å². The van der Waals surface area contributed by atoms with Crippen molar-refractivity contribution in [3.63, 3.8) is 0 Å². The quantitative estimate of drug-likeness (QED) is 0.636. The molecule has 2 rings (SSSR count). The normalized spacial score (nSPS) is 10.1. The molecule has 0 aliphatic rings. The molecule has 0 unspecified atom stereocenters. The second kappa shape index (κ2) is 2.81. The van der Waals surface area contributed by atoms with Crippen LogP contribution in [-0.4, -0.2) is 12.1 Å². The van der Waals surface area contributed by atoms with Crippen LogP contribution in [-0.2, 0) is 0 Å². The van der Waals surface area contributed by atoms with Gasteiger partial charge in [0.1, 0.15) is 5.75 Å². The van der Waals surface area contributed by atoms with Gasteiger partial charge in [0.15, 0.2) is 0 Å². The molecule has 1 aromatic carbocycles. The van der Waals surface area contributed by atoms with Gasteiger partial charge in [-0.2, -0.15) is 0 Å². The van der Waals surface area contributed by atoms with Gasteiger partial charge in [-0.15, -0.1) is 0 Å². The highest BCUT2D eigenvalue weighted by Crippen LogP contribution is 2.18. The molecule has 0 spiro atoms. The maximum absolute atomic E-state index is 5.09. The summed E-state index contributed by atoms with van der Waals surface area (Å²) in [5.74, 6) is 0.871. The van der Waals surface area contributed by atoms with Crippen molar-refractivity contribution in [1.82, 2.24) is 4.98 Å². The molecule has 0 aliphatic heterocycles. The Hall–Kier alpha value is -1.57. The first-order valence-corrected chi connectivity index (χ1v) is 3.78. The fourth-order valence-electron chi connectivity index (χ4n) is 1.19. The number of aromatic nitrogens is 1. The van der Waals surface area contributed by atoms with Crippen molar-refractivity contribution in [3.8, 4) is 5.75 Å². The summed E-state index contributed by atoms with van der Waals surface area (Å²) < 4.78 is 5.09. The highest BCUT2D eigenvalue weighted by Gasteiger charge is 1.93. The second-order valence-corrected chi connectivity index (χ2v) is 2.59. The van der Waals surface area contributed by atoms with Crippen LogP contribution in [0.25, 0.3) is 10.8 Å². The molecule has 0 fully saturated rings. The van der Waals surface area contributed by atoms with Crippen molar-refractivity contribution in [3.05, 3.63) is 36.7 Å². The third kappa shape index (κ3) is 1.11. The molecule has 0 N–H and O–H groups in total. The van der Waals surface area contributed by atoms with Gasteiger partial charge >= 0.3 is 0 Å². The van der Waals surface area contributed by atoms with E-state index < -0.39 is 0 Å².